The van der Waals surface area contributed by atoms with E-state index < -0.39 is 0 Å². The largest absolute Gasteiger partial charge is 0.310 e. The van der Waals surface area contributed by atoms with E-state index in [0.717, 1.165) is 13.0 Å². The van der Waals surface area contributed by atoms with Crippen molar-refractivity contribution < 1.29 is 0 Å². The number of thiophene rings is 1. The molecule has 1 nitrogen and oxygen atoms in total. The summed E-state index contributed by atoms with van der Waals surface area (Å²) in [4.78, 5) is 0. The zero-order valence-electron chi connectivity index (χ0n) is 12.6. The molecule has 0 aliphatic rings. The summed E-state index contributed by atoms with van der Waals surface area (Å²) in [5.41, 5.74) is 7.09. The molecule has 1 heterocycles. The van der Waals surface area contributed by atoms with Crippen LogP contribution in [0.2, 0.25) is 0 Å². The first kappa shape index (κ1) is 16.0. The van der Waals surface area contributed by atoms with Gasteiger partial charge < -0.3 is 5.32 Å². The Morgan fingerprint density at radius 3 is 2.30 bits per heavy atom. The van der Waals surface area contributed by atoms with Crippen LogP contribution in [0.15, 0.2) is 23.6 Å². The van der Waals surface area contributed by atoms with Crippen molar-refractivity contribution in [2.45, 2.75) is 40.2 Å². The average molecular weight is 399 g/mol. The van der Waals surface area contributed by atoms with E-state index in [1.165, 1.54) is 30.7 Å². The summed E-state index contributed by atoms with van der Waals surface area (Å²) in [7, 11) is 0. The van der Waals surface area contributed by atoms with E-state index in [1.807, 2.05) is 11.3 Å². The topological polar surface area (TPSA) is 12.0 Å². The molecular formula is C17H22INS. The summed E-state index contributed by atoms with van der Waals surface area (Å²) in [5.74, 6) is 0. The quantitative estimate of drug-likeness (QED) is 0.684. The Balaban J connectivity index is 2.29. The molecule has 0 saturated heterocycles. The molecule has 20 heavy (non-hydrogen) atoms. The number of hydrogen-bond donors (Lipinski definition) is 1. The fourth-order valence-corrected chi connectivity index (χ4v) is 4.22. The van der Waals surface area contributed by atoms with Crippen molar-refractivity contribution in [3.05, 3.63) is 54.3 Å². The van der Waals surface area contributed by atoms with Gasteiger partial charge in [-0.05, 0) is 90.0 Å². The van der Waals surface area contributed by atoms with Crippen molar-refractivity contribution in [3.8, 4) is 0 Å². The number of halogens is 1. The Hall–Kier alpha value is -0.390. The average Bonchev–Trinajstić information content (AvgIpc) is 2.79. The summed E-state index contributed by atoms with van der Waals surface area (Å²) in [6, 6.07) is 7.31. The standard InChI is InChI=1S/C17H22INS/c1-5-19-16(14-8-17(18)20-10-14)9-15-12(3)6-11(2)7-13(15)4/h6-8,10,16,19H,5,9H2,1-4H3. The molecule has 1 N–H and O–H groups in total. The van der Waals surface area contributed by atoms with E-state index in [-0.39, 0.29) is 0 Å². The zero-order chi connectivity index (χ0) is 14.7. The van der Waals surface area contributed by atoms with E-state index >= 15 is 0 Å². The van der Waals surface area contributed by atoms with Crippen molar-refractivity contribution >= 4 is 33.9 Å². The van der Waals surface area contributed by atoms with Gasteiger partial charge in [0.05, 0.1) is 2.88 Å². The molecule has 1 aromatic heterocycles. The highest BCUT2D eigenvalue weighted by Gasteiger charge is 2.15. The zero-order valence-corrected chi connectivity index (χ0v) is 15.6. The van der Waals surface area contributed by atoms with Gasteiger partial charge in [-0.3, -0.25) is 0 Å². The Labute approximate surface area is 139 Å². The van der Waals surface area contributed by atoms with Crippen LogP contribution in [0.4, 0.5) is 0 Å². The summed E-state index contributed by atoms with van der Waals surface area (Å²) in [6.45, 7) is 9.82. The third-order valence-corrected chi connectivity index (χ3v) is 5.50. The molecule has 0 spiro atoms. The first-order valence-electron chi connectivity index (χ1n) is 7.05. The fourth-order valence-electron chi connectivity index (χ4n) is 2.80. The summed E-state index contributed by atoms with van der Waals surface area (Å²) < 4.78 is 1.36. The van der Waals surface area contributed by atoms with Gasteiger partial charge in [0.2, 0.25) is 0 Å². The molecule has 0 bridgehead atoms. The number of likely N-dealkylation sites (N-methyl/N-ethyl adjacent to an activating group) is 1. The van der Waals surface area contributed by atoms with E-state index in [1.54, 1.807) is 0 Å². The SMILES string of the molecule is CCNC(Cc1c(C)cc(C)cc1C)c1csc(I)c1. The minimum Gasteiger partial charge on any atom is -0.310 e. The second-order valence-electron chi connectivity index (χ2n) is 5.38. The molecule has 1 aromatic carbocycles. The molecule has 0 saturated carbocycles. The van der Waals surface area contributed by atoms with Crippen LogP contribution in [0.25, 0.3) is 0 Å². The summed E-state index contributed by atoms with van der Waals surface area (Å²) >= 11 is 4.23. The lowest BCUT2D eigenvalue weighted by Crippen LogP contribution is -2.23. The molecular weight excluding hydrogens is 377 g/mol. The third-order valence-electron chi connectivity index (χ3n) is 3.69. The van der Waals surface area contributed by atoms with Gasteiger partial charge in [-0.15, -0.1) is 11.3 Å². The van der Waals surface area contributed by atoms with Crippen molar-refractivity contribution in [3.63, 3.8) is 0 Å². The summed E-state index contributed by atoms with van der Waals surface area (Å²) in [5, 5.41) is 5.92. The lowest BCUT2D eigenvalue weighted by molar-refractivity contribution is 0.549. The predicted molar refractivity (Wildman–Crippen MR) is 97.8 cm³/mol. The van der Waals surface area contributed by atoms with Crippen LogP contribution in [0.1, 0.15) is 40.8 Å². The lowest BCUT2D eigenvalue weighted by atomic mass is 9.92. The number of benzene rings is 1. The molecule has 1 atom stereocenters. The molecule has 0 fully saturated rings. The Morgan fingerprint density at radius 2 is 1.80 bits per heavy atom. The molecule has 0 amide bonds. The normalized spacial score (nSPS) is 12.7. The highest BCUT2D eigenvalue weighted by atomic mass is 127. The van der Waals surface area contributed by atoms with Gasteiger partial charge in [0.1, 0.15) is 0 Å². The number of aryl methyl sites for hydroxylation is 3. The van der Waals surface area contributed by atoms with Gasteiger partial charge in [0.15, 0.2) is 0 Å². The monoisotopic (exact) mass is 399 g/mol. The highest BCUT2D eigenvalue weighted by Crippen LogP contribution is 2.27. The van der Waals surface area contributed by atoms with E-state index in [0.29, 0.717) is 6.04 Å². The van der Waals surface area contributed by atoms with Crippen LogP contribution < -0.4 is 5.32 Å². The van der Waals surface area contributed by atoms with Crippen molar-refractivity contribution in [1.29, 1.82) is 0 Å². The van der Waals surface area contributed by atoms with Crippen LogP contribution >= 0.6 is 33.9 Å². The Morgan fingerprint density at radius 1 is 1.15 bits per heavy atom. The Kier molecular flexibility index (Phi) is 5.64. The lowest BCUT2D eigenvalue weighted by Gasteiger charge is -2.20. The second-order valence-corrected chi connectivity index (χ2v) is 8.18. The minimum atomic E-state index is 0.417. The molecule has 3 heteroatoms. The first-order valence-corrected chi connectivity index (χ1v) is 9.01. The highest BCUT2D eigenvalue weighted by molar-refractivity contribution is 14.1. The maximum atomic E-state index is 3.63. The van der Waals surface area contributed by atoms with E-state index in [4.69, 9.17) is 0 Å². The van der Waals surface area contributed by atoms with Gasteiger partial charge in [-0.25, -0.2) is 0 Å². The summed E-state index contributed by atoms with van der Waals surface area (Å²) in [6.07, 6.45) is 1.07. The molecule has 2 rings (SSSR count). The fraction of sp³-hybridized carbons (Fsp3) is 0.412. The van der Waals surface area contributed by atoms with E-state index in [2.05, 4.69) is 79.2 Å². The molecule has 0 radical (unpaired) electrons. The number of hydrogen-bond acceptors (Lipinski definition) is 2. The van der Waals surface area contributed by atoms with Crippen LogP contribution in [0, 0.1) is 23.7 Å². The third kappa shape index (κ3) is 3.83. The van der Waals surface area contributed by atoms with Gasteiger partial charge in [-0.2, -0.15) is 0 Å². The first-order chi connectivity index (χ1) is 9.51. The van der Waals surface area contributed by atoms with Crippen molar-refractivity contribution in [2.75, 3.05) is 6.54 Å². The molecule has 108 valence electrons. The number of rotatable bonds is 5. The second kappa shape index (κ2) is 7.05. The molecule has 0 aliphatic heterocycles. The van der Waals surface area contributed by atoms with E-state index in [9.17, 15) is 0 Å². The van der Waals surface area contributed by atoms with Crippen LogP contribution in [-0.2, 0) is 6.42 Å². The van der Waals surface area contributed by atoms with Crippen LogP contribution in [0.5, 0.6) is 0 Å². The van der Waals surface area contributed by atoms with Crippen molar-refractivity contribution in [1.82, 2.24) is 5.32 Å². The van der Waals surface area contributed by atoms with Gasteiger partial charge in [-0.1, -0.05) is 24.6 Å². The maximum absolute atomic E-state index is 3.63. The van der Waals surface area contributed by atoms with Gasteiger partial charge in [0, 0.05) is 6.04 Å². The predicted octanol–water partition coefficient (Wildman–Crippen LogP) is 5.17. The molecule has 2 aromatic rings. The smallest absolute Gasteiger partial charge is 0.0656 e. The molecule has 0 aliphatic carbocycles. The van der Waals surface area contributed by atoms with Crippen LogP contribution in [-0.4, -0.2) is 6.54 Å². The molecule has 1 unspecified atom stereocenters. The van der Waals surface area contributed by atoms with Gasteiger partial charge in [0.25, 0.3) is 0 Å². The Bertz CT molecular complexity index is 565. The van der Waals surface area contributed by atoms with Crippen molar-refractivity contribution in [2.24, 2.45) is 0 Å². The number of nitrogens with one attached hydrogen (secondary N) is 1. The maximum Gasteiger partial charge on any atom is 0.0656 e. The van der Waals surface area contributed by atoms with Crippen LogP contribution in [0.3, 0.4) is 0 Å². The minimum absolute atomic E-state index is 0.417. The van der Waals surface area contributed by atoms with Gasteiger partial charge >= 0.3 is 0 Å².